The second-order valence-electron chi connectivity index (χ2n) is 3.30. The van der Waals surface area contributed by atoms with E-state index < -0.39 is 0 Å². The van der Waals surface area contributed by atoms with Gasteiger partial charge in [-0.1, -0.05) is 12.1 Å². The Kier molecular flexibility index (Phi) is 8.28. The molecular formula is C13H19O4. The van der Waals surface area contributed by atoms with Crippen molar-refractivity contribution in [3.63, 3.8) is 0 Å². The lowest BCUT2D eigenvalue weighted by Gasteiger charge is -2.07. The van der Waals surface area contributed by atoms with Gasteiger partial charge in [0.05, 0.1) is 33.0 Å². The van der Waals surface area contributed by atoms with Gasteiger partial charge in [0.25, 0.3) is 0 Å². The van der Waals surface area contributed by atoms with Gasteiger partial charge in [0.15, 0.2) is 0 Å². The molecule has 95 valence electrons. The number of rotatable bonds is 10. The van der Waals surface area contributed by atoms with Crippen LogP contribution in [0, 0.1) is 6.07 Å². The maximum absolute atomic E-state index is 5.45. The molecule has 17 heavy (non-hydrogen) atoms. The van der Waals surface area contributed by atoms with E-state index in [4.69, 9.17) is 18.9 Å². The molecule has 0 saturated heterocycles. The number of methoxy groups -OCH3 is 1. The third-order valence-corrected chi connectivity index (χ3v) is 1.99. The molecule has 1 radical (unpaired) electrons. The quantitative estimate of drug-likeness (QED) is 0.580. The van der Waals surface area contributed by atoms with Crippen molar-refractivity contribution in [1.82, 2.24) is 0 Å². The van der Waals surface area contributed by atoms with Crippen molar-refractivity contribution in [2.45, 2.75) is 0 Å². The fourth-order valence-corrected chi connectivity index (χ4v) is 1.15. The maximum Gasteiger partial charge on any atom is 0.119 e. The van der Waals surface area contributed by atoms with Crippen molar-refractivity contribution in [3.05, 3.63) is 30.3 Å². The molecule has 0 aromatic heterocycles. The van der Waals surface area contributed by atoms with E-state index in [-0.39, 0.29) is 0 Å². The molecule has 0 saturated carbocycles. The van der Waals surface area contributed by atoms with Gasteiger partial charge in [-0.25, -0.2) is 0 Å². The summed E-state index contributed by atoms with van der Waals surface area (Å²) in [5.74, 6) is 0.837. The van der Waals surface area contributed by atoms with Gasteiger partial charge < -0.3 is 18.9 Å². The van der Waals surface area contributed by atoms with Crippen molar-refractivity contribution in [1.29, 1.82) is 0 Å². The molecule has 0 unspecified atom stereocenters. The predicted molar refractivity (Wildman–Crippen MR) is 64.3 cm³/mol. The van der Waals surface area contributed by atoms with Crippen LogP contribution >= 0.6 is 0 Å². The summed E-state index contributed by atoms with van der Waals surface area (Å²) in [5, 5.41) is 0. The minimum absolute atomic E-state index is 0.544. The van der Waals surface area contributed by atoms with Crippen LogP contribution in [-0.2, 0) is 14.2 Å². The van der Waals surface area contributed by atoms with Crippen molar-refractivity contribution >= 4 is 0 Å². The Bertz CT molecular complexity index is 263. The Morgan fingerprint density at radius 1 is 0.882 bits per heavy atom. The highest BCUT2D eigenvalue weighted by molar-refractivity contribution is 5.20. The molecule has 1 aromatic carbocycles. The van der Waals surface area contributed by atoms with Crippen LogP contribution in [0.25, 0.3) is 0 Å². The zero-order chi connectivity index (χ0) is 12.2. The molecule has 0 spiro atoms. The summed E-state index contributed by atoms with van der Waals surface area (Å²) in [7, 11) is 1.65. The first-order valence-corrected chi connectivity index (χ1v) is 5.67. The molecule has 4 heteroatoms. The van der Waals surface area contributed by atoms with Crippen LogP contribution in [0.15, 0.2) is 24.3 Å². The smallest absolute Gasteiger partial charge is 0.119 e. The van der Waals surface area contributed by atoms with Crippen LogP contribution in [-0.4, -0.2) is 46.8 Å². The molecule has 0 aliphatic heterocycles. The molecule has 0 amide bonds. The van der Waals surface area contributed by atoms with E-state index in [1.165, 1.54) is 0 Å². The minimum atomic E-state index is 0.544. The van der Waals surface area contributed by atoms with Crippen molar-refractivity contribution in [2.24, 2.45) is 0 Å². The van der Waals surface area contributed by atoms with Crippen LogP contribution in [0.3, 0.4) is 0 Å². The average Bonchev–Trinajstić information content (AvgIpc) is 2.38. The average molecular weight is 239 g/mol. The molecule has 1 rings (SSSR count). The SMILES string of the molecule is COCCOCCOCCOc1cc[c]cc1. The zero-order valence-corrected chi connectivity index (χ0v) is 10.2. The number of ether oxygens (including phenoxy) is 4. The molecule has 0 bridgehead atoms. The first-order chi connectivity index (χ1) is 8.43. The van der Waals surface area contributed by atoms with Gasteiger partial charge >= 0.3 is 0 Å². The first-order valence-electron chi connectivity index (χ1n) is 5.67. The summed E-state index contributed by atoms with van der Waals surface area (Å²) in [6.45, 7) is 3.50. The Morgan fingerprint density at radius 3 is 2.12 bits per heavy atom. The highest BCUT2D eigenvalue weighted by Gasteiger charge is 1.92. The van der Waals surface area contributed by atoms with Gasteiger partial charge in [0.1, 0.15) is 12.4 Å². The number of benzene rings is 1. The van der Waals surface area contributed by atoms with Gasteiger partial charge in [-0.2, -0.15) is 0 Å². The van der Waals surface area contributed by atoms with Crippen molar-refractivity contribution < 1.29 is 18.9 Å². The molecule has 0 aliphatic carbocycles. The van der Waals surface area contributed by atoms with Crippen molar-refractivity contribution in [2.75, 3.05) is 46.8 Å². The lowest BCUT2D eigenvalue weighted by molar-refractivity contribution is 0.0180. The topological polar surface area (TPSA) is 36.9 Å². The second-order valence-corrected chi connectivity index (χ2v) is 3.30. The third kappa shape index (κ3) is 7.74. The largest absolute Gasteiger partial charge is 0.491 e. The second kappa shape index (κ2) is 10.1. The first kappa shape index (κ1) is 14.0. The van der Waals surface area contributed by atoms with E-state index in [9.17, 15) is 0 Å². The molecule has 0 aliphatic rings. The predicted octanol–water partition coefficient (Wildman–Crippen LogP) is 1.55. The zero-order valence-electron chi connectivity index (χ0n) is 10.2. The molecular weight excluding hydrogens is 220 g/mol. The summed E-state index contributed by atoms with van der Waals surface area (Å²) in [5.41, 5.74) is 0. The van der Waals surface area contributed by atoms with E-state index in [0.717, 1.165) is 5.75 Å². The lowest BCUT2D eigenvalue weighted by atomic mass is 10.3. The van der Waals surface area contributed by atoms with E-state index >= 15 is 0 Å². The monoisotopic (exact) mass is 239 g/mol. The standard InChI is InChI=1S/C13H19O4/c1-14-7-8-15-9-10-16-11-12-17-13-5-3-2-4-6-13/h3-6H,7-12H2,1H3. The van der Waals surface area contributed by atoms with Crippen molar-refractivity contribution in [3.8, 4) is 5.75 Å². The summed E-state index contributed by atoms with van der Waals surface area (Å²) < 4.78 is 20.9. The number of hydrogen-bond acceptors (Lipinski definition) is 4. The van der Waals surface area contributed by atoms with Crippen LogP contribution < -0.4 is 4.74 Å². The maximum atomic E-state index is 5.45. The fraction of sp³-hybridized carbons (Fsp3) is 0.538. The molecule has 4 nitrogen and oxygen atoms in total. The molecule has 0 atom stereocenters. The summed E-state index contributed by atoms with van der Waals surface area (Å²) >= 11 is 0. The highest BCUT2D eigenvalue weighted by atomic mass is 16.6. The summed E-state index contributed by atoms with van der Waals surface area (Å²) in [4.78, 5) is 0. The third-order valence-electron chi connectivity index (χ3n) is 1.99. The normalized spacial score (nSPS) is 10.4. The Morgan fingerprint density at radius 2 is 1.47 bits per heavy atom. The fourth-order valence-electron chi connectivity index (χ4n) is 1.15. The van der Waals surface area contributed by atoms with Crippen LogP contribution in [0.1, 0.15) is 0 Å². The molecule has 0 fully saturated rings. The van der Waals surface area contributed by atoms with Gasteiger partial charge in [-0.05, 0) is 18.2 Å². The van der Waals surface area contributed by atoms with Gasteiger partial charge in [-0.15, -0.1) is 0 Å². The Balaban J connectivity index is 1.85. The van der Waals surface area contributed by atoms with Crippen LogP contribution in [0.5, 0.6) is 5.75 Å². The number of hydrogen-bond donors (Lipinski definition) is 0. The Labute approximate surface area is 102 Å². The van der Waals surface area contributed by atoms with Crippen LogP contribution in [0.4, 0.5) is 0 Å². The summed E-state index contributed by atoms with van der Waals surface area (Å²) in [6, 6.07) is 10.3. The van der Waals surface area contributed by atoms with Crippen LogP contribution in [0.2, 0.25) is 0 Å². The molecule has 1 aromatic rings. The Hall–Kier alpha value is -1.10. The summed E-state index contributed by atoms with van der Waals surface area (Å²) in [6.07, 6.45) is 0. The molecule has 0 N–H and O–H groups in total. The molecule has 0 heterocycles. The van der Waals surface area contributed by atoms with E-state index in [1.54, 1.807) is 7.11 Å². The van der Waals surface area contributed by atoms with E-state index in [0.29, 0.717) is 39.6 Å². The lowest BCUT2D eigenvalue weighted by Crippen LogP contribution is -2.12. The highest BCUT2D eigenvalue weighted by Crippen LogP contribution is 2.07. The van der Waals surface area contributed by atoms with E-state index in [1.807, 2.05) is 24.3 Å². The van der Waals surface area contributed by atoms with Gasteiger partial charge in [0, 0.05) is 7.11 Å². The van der Waals surface area contributed by atoms with E-state index in [2.05, 4.69) is 6.07 Å². The van der Waals surface area contributed by atoms with Gasteiger partial charge in [0.2, 0.25) is 0 Å². The van der Waals surface area contributed by atoms with Gasteiger partial charge in [-0.3, -0.25) is 0 Å². The minimum Gasteiger partial charge on any atom is -0.491 e.